The van der Waals surface area contributed by atoms with Gasteiger partial charge in [0.2, 0.25) is 11.8 Å². The molecule has 1 spiro atoms. The maximum atomic E-state index is 13.4. The van der Waals surface area contributed by atoms with Crippen LogP contribution in [0.5, 0.6) is 0 Å². The lowest BCUT2D eigenvalue weighted by atomic mass is 9.74. The minimum atomic E-state index is -1.53. The number of hydrogen-bond donors (Lipinski definition) is 1. The van der Waals surface area contributed by atoms with Gasteiger partial charge in [-0.05, 0) is 23.6 Å². The number of nitrogens with one attached hydrogen (secondary N) is 1. The molecule has 2 aromatic rings. The van der Waals surface area contributed by atoms with E-state index in [1.807, 2.05) is 6.07 Å². The SMILES string of the molecule is CN1CC2(Cc3cc([N+](=O)[O-])ccc31)C(=O)NC(=O)N(Cc1ccccc1)C2=O. The monoisotopic (exact) mass is 394 g/mol. The zero-order valence-corrected chi connectivity index (χ0v) is 15.6. The van der Waals surface area contributed by atoms with Crippen molar-refractivity contribution in [1.82, 2.24) is 10.2 Å². The van der Waals surface area contributed by atoms with Gasteiger partial charge in [0.25, 0.3) is 5.69 Å². The molecule has 9 heteroatoms. The lowest BCUT2D eigenvalue weighted by Crippen LogP contribution is -2.68. The van der Waals surface area contributed by atoms with E-state index in [1.165, 1.54) is 12.1 Å². The van der Waals surface area contributed by atoms with Crippen LogP contribution in [-0.4, -0.2) is 41.3 Å². The van der Waals surface area contributed by atoms with Crippen molar-refractivity contribution < 1.29 is 19.3 Å². The first kappa shape index (κ1) is 18.6. The standard InChI is InChI=1S/C20H18N4O5/c1-22-12-20(10-14-9-15(24(28)29)7-8-16(14)22)17(25)21-19(27)23(18(20)26)11-13-5-3-2-4-6-13/h2-9H,10-12H2,1H3,(H,21,25,27). The zero-order chi connectivity index (χ0) is 20.8. The topological polar surface area (TPSA) is 113 Å². The van der Waals surface area contributed by atoms with Gasteiger partial charge >= 0.3 is 6.03 Å². The fraction of sp³-hybridized carbons (Fsp3) is 0.250. The van der Waals surface area contributed by atoms with Crippen LogP contribution in [0.1, 0.15) is 11.1 Å². The third-order valence-corrected chi connectivity index (χ3v) is 5.42. The second kappa shape index (κ2) is 6.69. The number of nitro groups is 1. The Balaban J connectivity index is 1.73. The minimum Gasteiger partial charge on any atom is -0.373 e. The molecular weight excluding hydrogens is 376 g/mol. The molecule has 0 bridgehead atoms. The van der Waals surface area contributed by atoms with Gasteiger partial charge in [-0.3, -0.25) is 29.9 Å². The number of hydrogen-bond acceptors (Lipinski definition) is 6. The van der Waals surface area contributed by atoms with Crippen molar-refractivity contribution in [3.05, 3.63) is 69.8 Å². The highest BCUT2D eigenvalue weighted by Crippen LogP contribution is 2.40. The summed E-state index contributed by atoms with van der Waals surface area (Å²) in [6, 6.07) is 12.6. The van der Waals surface area contributed by atoms with Gasteiger partial charge in [0.1, 0.15) is 5.41 Å². The van der Waals surface area contributed by atoms with E-state index in [0.29, 0.717) is 11.3 Å². The van der Waals surface area contributed by atoms with Crippen molar-refractivity contribution in [2.75, 3.05) is 18.5 Å². The fourth-order valence-corrected chi connectivity index (χ4v) is 4.01. The Morgan fingerprint density at radius 2 is 1.86 bits per heavy atom. The summed E-state index contributed by atoms with van der Waals surface area (Å²) >= 11 is 0. The van der Waals surface area contributed by atoms with Gasteiger partial charge in [0, 0.05) is 31.4 Å². The number of nitrogens with zero attached hydrogens (tertiary/aromatic N) is 3. The number of carbonyl (C=O) groups excluding carboxylic acids is 3. The number of amides is 4. The number of rotatable bonds is 3. The number of barbiturate groups is 1. The van der Waals surface area contributed by atoms with E-state index in [0.717, 1.165) is 10.5 Å². The van der Waals surface area contributed by atoms with Crippen LogP contribution < -0.4 is 10.2 Å². The second-order valence-corrected chi connectivity index (χ2v) is 7.32. The van der Waals surface area contributed by atoms with Gasteiger partial charge < -0.3 is 4.90 Å². The first-order valence-corrected chi connectivity index (χ1v) is 9.01. The van der Waals surface area contributed by atoms with E-state index in [9.17, 15) is 24.5 Å². The summed E-state index contributed by atoms with van der Waals surface area (Å²) in [6.45, 7) is 0.104. The molecule has 29 heavy (non-hydrogen) atoms. The molecule has 148 valence electrons. The Kier molecular flexibility index (Phi) is 4.30. The Morgan fingerprint density at radius 1 is 1.14 bits per heavy atom. The van der Waals surface area contributed by atoms with E-state index >= 15 is 0 Å². The molecule has 1 saturated heterocycles. The van der Waals surface area contributed by atoms with Gasteiger partial charge in [-0.1, -0.05) is 30.3 Å². The van der Waals surface area contributed by atoms with Crippen LogP contribution in [0.4, 0.5) is 16.2 Å². The summed E-state index contributed by atoms with van der Waals surface area (Å²) in [5.41, 5.74) is 0.342. The molecule has 4 rings (SSSR count). The highest BCUT2D eigenvalue weighted by atomic mass is 16.6. The van der Waals surface area contributed by atoms with Crippen molar-refractivity contribution in [3.8, 4) is 0 Å². The van der Waals surface area contributed by atoms with Crippen LogP contribution >= 0.6 is 0 Å². The van der Waals surface area contributed by atoms with Crippen molar-refractivity contribution in [2.24, 2.45) is 5.41 Å². The summed E-state index contributed by atoms with van der Waals surface area (Å²) in [5, 5.41) is 13.5. The van der Waals surface area contributed by atoms with E-state index in [4.69, 9.17) is 0 Å². The zero-order valence-electron chi connectivity index (χ0n) is 15.6. The second-order valence-electron chi connectivity index (χ2n) is 7.32. The average Bonchev–Trinajstić information content (AvgIpc) is 2.70. The molecule has 0 saturated carbocycles. The highest BCUT2D eigenvalue weighted by Gasteiger charge is 2.56. The lowest BCUT2D eigenvalue weighted by Gasteiger charge is -2.45. The third-order valence-electron chi connectivity index (χ3n) is 5.42. The summed E-state index contributed by atoms with van der Waals surface area (Å²) in [7, 11) is 1.71. The smallest absolute Gasteiger partial charge is 0.331 e. The molecule has 2 heterocycles. The van der Waals surface area contributed by atoms with Crippen molar-refractivity contribution in [2.45, 2.75) is 13.0 Å². The van der Waals surface area contributed by atoms with Gasteiger partial charge in [-0.25, -0.2) is 4.79 Å². The van der Waals surface area contributed by atoms with Crippen LogP contribution in [0.25, 0.3) is 0 Å². The average molecular weight is 394 g/mol. The van der Waals surface area contributed by atoms with E-state index in [2.05, 4.69) is 5.32 Å². The molecule has 1 atom stereocenters. The largest absolute Gasteiger partial charge is 0.373 e. The fourth-order valence-electron chi connectivity index (χ4n) is 4.01. The maximum absolute atomic E-state index is 13.4. The normalized spacial score (nSPS) is 21.2. The van der Waals surface area contributed by atoms with Gasteiger partial charge in [-0.15, -0.1) is 0 Å². The Bertz CT molecular complexity index is 1040. The molecule has 2 aliphatic heterocycles. The Labute approximate surface area is 166 Å². The maximum Gasteiger partial charge on any atom is 0.331 e. The Morgan fingerprint density at radius 3 is 2.55 bits per heavy atom. The molecule has 1 fully saturated rings. The number of benzene rings is 2. The van der Waals surface area contributed by atoms with Gasteiger partial charge in [0.05, 0.1) is 11.5 Å². The minimum absolute atomic E-state index is 0.0163. The van der Waals surface area contributed by atoms with E-state index in [1.54, 1.807) is 42.3 Å². The van der Waals surface area contributed by atoms with Crippen LogP contribution in [0.3, 0.4) is 0 Å². The van der Waals surface area contributed by atoms with Gasteiger partial charge in [0.15, 0.2) is 0 Å². The van der Waals surface area contributed by atoms with Crippen molar-refractivity contribution in [1.29, 1.82) is 0 Å². The number of fused-ring (bicyclic) bond motifs is 1. The summed E-state index contributed by atoms with van der Waals surface area (Å²) in [6.07, 6.45) is -0.0163. The number of urea groups is 1. The number of nitro benzene ring substituents is 1. The molecule has 2 aliphatic rings. The molecule has 4 amide bonds. The number of anilines is 1. The molecule has 0 aliphatic carbocycles. The molecular formula is C20H18N4O5. The molecule has 0 radical (unpaired) electrons. The van der Waals surface area contributed by atoms with Crippen LogP contribution in [0.2, 0.25) is 0 Å². The molecule has 1 N–H and O–H groups in total. The number of imide groups is 2. The molecule has 9 nitrogen and oxygen atoms in total. The predicted molar refractivity (Wildman–Crippen MR) is 103 cm³/mol. The predicted octanol–water partition coefficient (Wildman–Crippen LogP) is 1.85. The molecule has 2 aromatic carbocycles. The highest BCUT2D eigenvalue weighted by molar-refractivity contribution is 6.20. The van der Waals surface area contributed by atoms with E-state index < -0.39 is 28.2 Å². The Hall–Kier alpha value is -3.75. The van der Waals surface area contributed by atoms with Crippen LogP contribution in [0, 0.1) is 15.5 Å². The first-order chi connectivity index (χ1) is 13.8. The summed E-state index contributed by atoms with van der Waals surface area (Å²) in [4.78, 5) is 52.0. The molecule has 1 unspecified atom stereocenters. The summed E-state index contributed by atoms with van der Waals surface area (Å²) < 4.78 is 0. The van der Waals surface area contributed by atoms with Crippen molar-refractivity contribution in [3.63, 3.8) is 0 Å². The van der Waals surface area contributed by atoms with Crippen LogP contribution in [-0.2, 0) is 22.6 Å². The van der Waals surface area contributed by atoms with Crippen LogP contribution in [0.15, 0.2) is 48.5 Å². The lowest BCUT2D eigenvalue weighted by molar-refractivity contribution is -0.384. The summed E-state index contributed by atoms with van der Waals surface area (Å²) in [5.74, 6) is -1.28. The first-order valence-electron chi connectivity index (χ1n) is 9.01. The molecule has 0 aromatic heterocycles. The third kappa shape index (κ3) is 3.00. The number of non-ortho nitro benzene ring substituents is 1. The quantitative estimate of drug-likeness (QED) is 0.483. The van der Waals surface area contributed by atoms with Gasteiger partial charge in [-0.2, -0.15) is 0 Å². The van der Waals surface area contributed by atoms with Crippen molar-refractivity contribution >= 4 is 29.2 Å². The number of carbonyl (C=O) groups is 3. The van der Waals surface area contributed by atoms with E-state index in [-0.39, 0.29) is 25.2 Å².